The van der Waals surface area contributed by atoms with Gasteiger partial charge in [-0.1, -0.05) is 16.1 Å². The van der Waals surface area contributed by atoms with Crippen molar-refractivity contribution < 1.29 is 27.5 Å². The molecule has 1 aliphatic heterocycles. The topological polar surface area (TPSA) is 83.9 Å². The molecule has 0 radical (unpaired) electrons. The first-order chi connectivity index (χ1) is 9.34. The van der Waals surface area contributed by atoms with Crippen molar-refractivity contribution in [2.75, 3.05) is 13.2 Å². The van der Waals surface area contributed by atoms with Gasteiger partial charge in [0.1, 0.15) is 4.90 Å². The van der Waals surface area contributed by atoms with Gasteiger partial charge in [-0.25, -0.2) is 17.6 Å². The minimum absolute atomic E-state index is 0.0801. The molecule has 20 heavy (non-hydrogen) atoms. The molecule has 0 aliphatic carbocycles. The lowest BCUT2D eigenvalue weighted by Gasteiger charge is -2.25. The fourth-order valence-electron chi connectivity index (χ4n) is 1.78. The van der Waals surface area contributed by atoms with Crippen molar-refractivity contribution in [1.82, 2.24) is 4.47 Å². The van der Waals surface area contributed by atoms with Crippen LogP contribution in [0.2, 0.25) is 5.02 Å². The number of hydrogen-bond acceptors (Lipinski definition) is 4. The Bertz CT molecular complexity index is 642. The van der Waals surface area contributed by atoms with Crippen LogP contribution in [0.15, 0.2) is 17.0 Å². The summed E-state index contributed by atoms with van der Waals surface area (Å²) in [5, 5.41) is 8.67. The van der Waals surface area contributed by atoms with Crippen molar-refractivity contribution in [1.29, 1.82) is 0 Å². The van der Waals surface area contributed by atoms with Gasteiger partial charge in [-0.2, -0.15) is 0 Å². The van der Waals surface area contributed by atoms with E-state index in [4.69, 9.17) is 21.5 Å². The van der Waals surface area contributed by atoms with E-state index in [1.165, 1.54) is 0 Å². The van der Waals surface area contributed by atoms with E-state index in [9.17, 15) is 17.6 Å². The second-order valence-corrected chi connectivity index (χ2v) is 6.38. The first-order valence-electron chi connectivity index (χ1n) is 5.72. The van der Waals surface area contributed by atoms with Crippen molar-refractivity contribution in [3.63, 3.8) is 0 Å². The number of hydrogen-bond donors (Lipinski definition) is 1. The lowest BCUT2D eigenvalue weighted by atomic mass is 10.2. The molecule has 6 nitrogen and oxygen atoms in total. The van der Waals surface area contributed by atoms with Crippen LogP contribution in [0.4, 0.5) is 4.39 Å². The number of halogens is 2. The Morgan fingerprint density at radius 3 is 2.65 bits per heavy atom. The number of carbonyl (C=O) groups is 1. The highest BCUT2D eigenvalue weighted by Crippen LogP contribution is 2.27. The van der Waals surface area contributed by atoms with E-state index < -0.39 is 32.3 Å². The summed E-state index contributed by atoms with van der Waals surface area (Å²) in [5.74, 6) is -2.95. The predicted octanol–water partition coefficient (Wildman–Crippen LogP) is 1.89. The monoisotopic (exact) mass is 323 g/mol. The number of sulfonamides is 1. The van der Waals surface area contributed by atoms with Gasteiger partial charge in [0.25, 0.3) is 10.0 Å². The summed E-state index contributed by atoms with van der Waals surface area (Å²) in [6, 6.07) is 1.73. The molecule has 0 atom stereocenters. The maximum Gasteiger partial charge on any atom is 0.338 e. The quantitative estimate of drug-likeness (QED) is 0.918. The maximum absolute atomic E-state index is 14.1. The Kier molecular flexibility index (Phi) is 4.28. The van der Waals surface area contributed by atoms with Crippen LogP contribution in [0.25, 0.3) is 0 Å². The molecule has 0 spiro atoms. The van der Waals surface area contributed by atoms with Gasteiger partial charge in [0.05, 0.1) is 12.2 Å². The van der Waals surface area contributed by atoms with Crippen molar-refractivity contribution in [3.8, 4) is 0 Å². The molecule has 2 rings (SSSR count). The number of hydroxylamine groups is 1. The highest BCUT2D eigenvalue weighted by atomic mass is 35.5. The Morgan fingerprint density at radius 1 is 1.40 bits per heavy atom. The number of rotatable bonds is 3. The van der Waals surface area contributed by atoms with E-state index in [0.717, 1.165) is 12.1 Å². The SMILES string of the molecule is O=C(O)c1cc(Cl)cc(S(=O)(=O)N2CCCCO2)c1F. The zero-order valence-corrected chi connectivity index (χ0v) is 11.7. The third kappa shape index (κ3) is 2.78. The van der Waals surface area contributed by atoms with Crippen molar-refractivity contribution >= 4 is 27.6 Å². The van der Waals surface area contributed by atoms with E-state index in [1.807, 2.05) is 0 Å². The smallest absolute Gasteiger partial charge is 0.338 e. The summed E-state index contributed by atoms with van der Waals surface area (Å²) in [5.41, 5.74) is -0.798. The highest BCUT2D eigenvalue weighted by Gasteiger charge is 2.32. The first kappa shape index (κ1) is 15.2. The standard InChI is InChI=1S/C11H11ClFNO5S/c12-7-5-8(11(15)16)10(13)9(6-7)20(17,18)14-3-1-2-4-19-14/h5-6H,1-4H2,(H,15,16). The molecule has 1 aromatic rings. The fraction of sp³-hybridized carbons (Fsp3) is 0.364. The zero-order valence-electron chi connectivity index (χ0n) is 10.2. The number of aromatic carboxylic acids is 1. The van der Waals surface area contributed by atoms with Gasteiger partial charge in [-0.15, -0.1) is 0 Å². The average Bonchev–Trinajstić information content (AvgIpc) is 2.41. The molecule has 110 valence electrons. The summed E-state index contributed by atoms with van der Waals surface area (Å²) < 4.78 is 39.2. The Balaban J connectivity index is 2.53. The van der Waals surface area contributed by atoms with E-state index in [-0.39, 0.29) is 18.2 Å². The maximum atomic E-state index is 14.1. The number of benzene rings is 1. The van der Waals surface area contributed by atoms with Crippen LogP contribution in [0.1, 0.15) is 23.2 Å². The van der Waals surface area contributed by atoms with Crippen LogP contribution in [-0.4, -0.2) is 37.1 Å². The molecule has 0 amide bonds. The van der Waals surface area contributed by atoms with Gasteiger partial charge < -0.3 is 5.11 Å². The van der Waals surface area contributed by atoms with Crippen molar-refractivity contribution in [2.45, 2.75) is 17.7 Å². The molecule has 1 N–H and O–H groups in total. The lowest BCUT2D eigenvalue weighted by molar-refractivity contribution is -0.109. The molecule has 1 fully saturated rings. The van der Waals surface area contributed by atoms with E-state index in [2.05, 4.69) is 0 Å². The predicted molar refractivity (Wildman–Crippen MR) is 67.4 cm³/mol. The van der Waals surface area contributed by atoms with Gasteiger partial charge in [0.2, 0.25) is 0 Å². The molecule has 0 aromatic heterocycles. The molecular formula is C11H11ClFNO5S. The summed E-state index contributed by atoms with van der Waals surface area (Å²) in [4.78, 5) is 15.1. The van der Waals surface area contributed by atoms with Crippen molar-refractivity contribution in [3.05, 3.63) is 28.5 Å². The van der Waals surface area contributed by atoms with Crippen LogP contribution < -0.4 is 0 Å². The average molecular weight is 324 g/mol. The first-order valence-corrected chi connectivity index (χ1v) is 7.54. The summed E-state index contributed by atoms with van der Waals surface area (Å²) in [6.45, 7) is 0.282. The van der Waals surface area contributed by atoms with Crippen molar-refractivity contribution in [2.24, 2.45) is 0 Å². The third-order valence-corrected chi connectivity index (χ3v) is 4.65. The van der Waals surface area contributed by atoms with Gasteiger partial charge in [-0.3, -0.25) is 4.84 Å². The molecule has 1 aliphatic rings. The van der Waals surface area contributed by atoms with E-state index in [1.54, 1.807) is 0 Å². The second kappa shape index (κ2) is 5.65. The molecule has 0 unspecified atom stereocenters. The minimum atomic E-state index is -4.28. The molecule has 1 saturated heterocycles. The molecule has 1 aromatic carbocycles. The fourth-order valence-corrected chi connectivity index (χ4v) is 3.48. The Hall–Kier alpha value is -1.22. The van der Waals surface area contributed by atoms with Crippen LogP contribution >= 0.6 is 11.6 Å². The minimum Gasteiger partial charge on any atom is -0.478 e. The summed E-state index contributed by atoms with van der Waals surface area (Å²) in [6.07, 6.45) is 1.28. The summed E-state index contributed by atoms with van der Waals surface area (Å²) in [7, 11) is -4.28. The van der Waals surface area contributed by atoms with Crippen LogP contribution in [-0.2, 0) is 14.9 Å². The van der Waals surface area contributed by atoms with E-state index in [0.29, 0.717) is 17.3 Å². The second-order valence-electron chi connectivity index (χ2n) is 4.14. The Labute approximate surface area is 119 Å². The molecule has 0 saturated carbocycles. The van der Waals surface area contributed by atoms with Gasteiger partial charge in [-0.05, 0) is 25.0 Å². The molecule has 0 bridgehead atoms. The van der Waals surface area contributed by atoms with Gasteiger partial charge in [0, 0.05) is 11.6 Å². The third-order valence-electron chi connectivity index (χ3n) is 2.75. The Morgan fingerprint density at radius 2 is 2.10 bits per heavy atom. The normalized spacial score (nSPS) is 17.1. The van der Waals surface area contributed by atoms with Crippen LogP contribution in [0.5, 0.6) is 0 Å². The highest BCUT2D eigenvalue weighted by molar-refractivity contribution is 7.89. The number of carboxylic acids is 1. The summed E-state index contributed by atoms with van der Waals surface area (Å²) >= 11 is 5.66. The number of carboxylic acid groups (broad SMARTS) is 1. The zero-order chi connectivity index (χ0) is 14.9. The molecular weight excluding hydrogens is 313 g/mol. The molecule has 9 heteroatoms. The largest absolute Gasteiger partial charge is 0.478 e. The van der Waals surface area contributed by atoms with Crippen LogP contribution in [0.3, 0.4) is 0 Å². The molecule has 1 heterocycles. The number of nitrogens with zero attached hydrogens (tertiary/aromatic N) is 1. The van der Waals surface area contributed by atoms with E-state index >= 15 is 0 Å². The van der Waals surface area contributed by atoms with Gasteiger partial charge >= 0.3 is 5.97 Å². The lowest BCUT2D eigenvalue weighted by Crippen LogP contribution is -2.36. The van der Waals surface area contributed by atoms with Crippen LogP contribution in [0, 0.1) is 5.82 Å². The van der Waals surface area contributed by atoms with Gasteiger partial charge in [0.15, 0.2) is 5.82 Å².